The van der Waals surface area contributed by atoms with Gasteiger partial charge in [-0.05, 0) is 0 Å². The number of benzene rings is 3. The van der Waals surface area contributed by atoms with Crippen molar-refractivity contribution in [1.29, 1.82) is 0 Å². The number of rotatable bonds is 3. The Morgan fingerprint density at radius 2 is 0.667 bits per heavy atom. The summed E-state index contributed by atoms with van der Waals surface area (Å²) in [5, 5.41) is 0. The van der Waals surface area contributed by atoms with Crippen LogP contribution in [-0.4, -0.2) is 6.71 Å². The smallest absolute Gasteiger partial charge is 0.0687 e. The second kappa shape index (κ2) is 8.11. The van der Waals surface area contributed by atoms with Crippen LogP contribution in [0.25, 0.3) is 0 Å². The van der Waals surface area contributed by atoms with Gasteiger partial charge in [-0.1, -0.05) is 121 Å². The van der Waals surface area contributed by atoms with Gasteiger partial charge in [0.2, 0.25) is 6.71 Å². The monoisotopic (exact) mass is 272 g/mol. The van der Waals surface area contributed by atoms with Crippen molar-refractivity contribution >= 4 is 23.1 Å². The summed E-state index contributed by atoms with van der Waals surface area (Å²) in [6.07, 6.45) is 0. The summed E-state index contributed by atoms with van der Waals surface area (Å²) >= 11 is 0. The van der Waals surface area contributed by atoms with E-state index in [2.05, 4.69) is 91.0 Å². The molecule has 3 aromatic rings. The van der Waals surface area contributed by atoms with E-state index < -0.39 is 0 Å². The average molecular weight is 272 g/mol. The highest BCUT2D eigenvalue weighted by atomic mass is 13.9. The fourth-order valence-electron chi connectivity index (χ4n) is 2.51. The molecule has 0 atom stereocenters. The molecule has 0 N–H and O–H groups in total. The van der Waals surface area contributed by atoms with Gasteiger partial charge in [-0.3, -0.25) is 0 Å². The standard InChI is InChI=1S/C18H15B.C2H6/c1-4-10-16(11-5-1)19(17-12-6-2-7-13-17)18-14-8-3-9-15-18;1-2/h1-15H;1-2H3. The first-order valence-electron chi connectivity index (χ1n) is 7.60. The molecule has 0 aliphatic rings. The predicted molar refractivity (Wildman–Crippen MR) is 95.3 cm³/mol. The van der Waals surface area contributed by atoms with Crippen LogP contribution in [0.15, 0.2) is 91.0 Å². The number of hydrogen-bond acceptors (Lipinski definition) is 0. The Balaban J connectivity index is 0.000000774. The highest BCUT2D eigenvalue weighted by molar-refractivity contribution is 6.95. The summed E-state index contributed by atoms with van der Waals surface area (Å²) in [6.45, 7) is 4.31. The van der Waals surface area contributed by atoms with E-state index in [0.29, 0.717) is 6.71 Å². The Labute approximate surface area is 128 Å². The summed E-state index contributed by atoms with van der Waals surface area (Å²) in [6, 6.07) is 32.0. The van der Waals surface area contributed by atoms with Gasteiger partial charge < -0.3 is 0 Å². The van der Waals surface area contributed by atoms with Crippen LogP contribution in [0.5, 0.6) is 0 Å². The van der Waals surface area contributed by atoms with Crippen LogP contribution in [0.2, 0.25) is 0 Å². The van der Waals surface area contributed by atoms with Gasteiger partial charge in [0.15, 0.2) is 0 Å². The highest BCUT2D eigenvalue weighted by Gasteiger charge is 2.20. The third kappa shape index (κ3) is 3.85. The first-order chi connectivity index (χ1) is 10.4. The lowest BCUT2D eigenvalue weighted by Gasteiger charge is -2.15. The molecule has 0 fully saturated rings. The zero-order valence-corrected chi connectivity index (χ0v) is 12.7. The lowest BCUT2D eigenvalue weighted by Crippen LogP contribution is -2.51. The molecule has 0 spiro atoms. The maximum atomic E-state index is 2.20. The maximum absolute atomic E-state index is 2.20. The molecule has 0 radical (unpaired) electrons. The van der Waals surface area contributed by atoms with E-state index in [-0.39, 0.29) is 0 Å². The largest absolute Gasteiger partial charge is 0.241 e. The van der Waals surface area contributed by atoms with Crippen LogP contribution < -0.4 is 16.4 Å². The first-order valence-corrected chi connectivity index (χ1v) is 7.60. The van der Waals surface area contributed by atoms with Gasteiger partial charge in [0.25, 0.3) is 0 Å². The summed E-state index contributed by atoms with van der Waals surface area (Å²) < 4.78 is 0. The van der Waals surface area contributed by atoms with Crippen molar-refractivity contribution in [3.63, 3.8) is 0 Å². The van der Waals surface area contributed by atoms with E-state index in [0.717, 1.165) is 0 Å². The molecule has 1 heteroatoms. The molecule has 104 valence electrons. The second-order valence-corrected chi connectivity index (χ2v) is 4.67. The van der Waals surface area contributed by atoms with E-state index in [1.165, 1.54) is 16.4 Å². The quantitative estimate of drug-likeness (QED) is 0.642. The molecule has 3 aromatic carbocycles. The molecule has 0 bridgehead atoms. The zero-order valence-electron chi connectivity index (χ0n) is 12.7. The Kier molecular flexibility index (Phi) is 5.84. The van der Waals surface area contributed by atoms with Crippen molar-refractivity contribution < 1.29 is 0 Å². The Hall–Kier alpha value is -2.28. The van der Waals surface area contributed by atoms with Crippen molar-refractivity contribution in [1.82, 2.24) is 0 Å². The van der Waals surface area contributed by atoms with Gasteiger partial charge >= 0.3 is 0 Å². The molecule has 0 saturated carbocycles. The fraction of sp³-hybridized carbons (Fsp3) is 0.100. The molecule has 21 heavy (non-hydrogen) atoms. The van der Waals surface area contributed by atoms with Gasteiger partial charge in [-0.2, -0.15) is 0 Å². The third-order valence-electron chi connectivity index (χ3n) is 3.40. The van der Waals surface area contributed by atoms with E-state index in [9.17, 15) is 0 Å². The summed E-state index contributed by atoms with van der Waals surface area (Å²) in [5.74, 6) is 0. The van der Waals surface area contributed by atoms with Crippen LogP contribution in [0.1, 0.15) is 13.8 Å². The molecule has 0 heterocycles. The van der Waals surface area contributed by atoms with Gasteiger partial charge in [0.05, 0.1) is 0 Å². The molecule has 0 aliphatic carbocycles. The average Bonchev–Trinajstić information content (AvgIpc) is 2.60. The highest BCUT2D eigenvalue weighted by Crippen LogP contribution is 1.95. The van der Waals surface area contributed by atoms with Crippen LogP contribution in [-0.2, 0) is 0 Å². The van der Waals surface area contributed by atoms with E-state index in [1.807, 2.05) is 13.8 Å². The normalized spacial score (nSPS) is 9.43. The summed E-state index contributed by atoms with van der Waals surface area (Å²) in [5.41, 5.74) is 4.00. The topological polar surface area (TPSA) is 0 Å². The van der Waals surface area contributed by atoms with Crippen molar-refractivity contribution in [2.45, 2.75) is 13.8 Å². The van der Waals surface area contributed by atoms with Crippen LogP contribution in [0.3, 0.4) is 0 Å². The summed E-state index contributed by atoms with van der Waals surface area (Å²) in [7, 11) is 0. The zero-order chi connectivity index (χ0) is 14.9. The van der Waals surface area contributed by atoms with Crippen LogP contribution >= 0.6 is 0 Å². The molecule has 3 rings (SSSR count). The van der Waals surface area contributed by atoms with Gasteiger partial charge in [0, 0.05) is 0 Å². The Morgan fingerprint density at radius 1 is 0.429 bits per heavy atom. The van der Waals surface area contributed by atoms with Gasteiger partial charge in [-0.25, -0.2) is 0 Å². The predicted octanol–water partition coefficient (Wildman–Crippen LogP) is 3.23. The molecular weight excluding hydrogens is 251 g/mol. The summed E-state index contributed by atoms with van der Waals surface area (Å²) in [4.78, 5) is 0. The van der Waals surface area contributed by atoms with E-state index in [1.54, 1.807) is 0 Å². The van der Waals surface area contributed by atoms with Crippen LogP contribution in [0.4, 0.5) is 0 Å². The lowest BCUT2D eigenvalue weighted by molar-refractivity contribution is 1.50. The molecule has 0 amide bonds. The minimum absolute atomic E-state index is 0.309. The molecular formula is C20H21B. The number of hydrogen-bond donors (Lipinski definition) is 0. The van der Waals surface area contributed by atoms with Crippen molar-refractivity contribution in [2.75, 3.05) is 0 Å². The molecule has 0 unspecified atom stereocenters. The molecule has 0 aromatic heterocycles. The first kappa shape index (κ1) is 15.1. The fourth-order valence-corrected chi connectivity index (χ4v) is 2.51. The van der Waals surface area contributed by atoms with E-state index in [4.69, 9.17) is 0 Å². The maximum Gasteiger partial charge on any atom is 0.241 e. The van der Waals surface area contributed by atoms with Crippen LogP contribution in [0, 0.1) is 0 Å². The second-order valence-electron chi connectivity index (χ2n) is 4.67. The van der Waals surface area contributed by atoms with Crippen molar-refractivity contribution in [2.24, 2.45) is 0 Å². The SMILES string of the molecule is CC.c1ccc(B(c2ccccc2)c2ccccc2)cc1. The van der Waals surface area contributed by atoms with Gasteiger partial charge in [-0.15, -0.1) is 0 Å². The minimum Gasteiger partial charge on any atom is -0.0687 e. The Bertz CT molecular complexity index is 524. The van der Waals surface area contributed by atoms with Crippen molar-refractivity contribution in [3.05, 3.63) is 91.0 Å². The molecule has 0 nitrogen and oxygen atoms in total. The van der Waals surface area contributed by atoms with Crippen molar-refractivity contribution in [3.8, 4) is 0 Å². The lowest BCUT2D eigenvalue weighted by atomic mass is 9.37. The van der Waals surface area contributed by atoms with E-state index >= 15 is 0 Å². The Morgan fingerprint density at radius 3 is 0.905 bits per heavy atom. The molecule has 0 aliphatic heterocycles. The minimum atomic E-state index is 0.309. The third-order valence-corrected chi connectivity index (χ3v) is 3.40. The molecule has 0 saturated heterocycles. The van der Waals surface area contributed by atoms with Gasteiger partial charge in [0.1, 0.15) is 0 Å².